The predicted molar refractivity (Wildman–Crippen MR) is 85.4 cm³/mol. The van der Waals surface area contributed by atoms with Crippen molar-refractivity contribution in [3.63, 3.8) is 0 Å². The van der Waals surface area contributed by atoms with Gasteiger partial charge < -0.3 is 9.47 Å². The van der Waals surface area contributed by atoms with Gasteiger partial charge in [0.15, 0.2) is 0 Å². The normalized spacial score (nSPS) is 38.0. The average Bonchev–Trinajstić information content (AvgIpc) is 2.78. The van der Waals surface area contributed by atoms with Gasteiger partial charge in [0.05, 0.1) is 0 Å². The molecule has 4 nitrogen and oxygen atoms in total. The van der Waals surface area contributed by atoms with Gasteiger partial charge in [0.25, 0.3) is 0 Å². The zero-order chi connectivity index (χ0) is 33.7. The quantitative estimate of drug-likeness (QED) is 0.209. The number of carbonyl (C=O) groups is 2. The minimum atomic E-state index is -8.38. The molecular formula is C18H4F20O4. The molecule has 4 aliphatic carbocycles. The van der Waals surface area contributed by atoms with Gasteiger partial charge in [0, 0.05) is 0 Å². The summed E-state index contributed by atoms with van der Waals surface area (Å²) in [6, 6.07) is 0. The van der Waals surface area contributed by atoms with Crippen molar-refractivity contribution in [1.82, 2.24) is 0 Å². The first-order valence-electron chi connectivity index (χ1n) is 9.71. The fourth-order valence-corrected chi connectivity index (χ4v) is 4.84. The Morgan fingerprint density at radius 2 is 0.643 bits per heavy atom. The highest BCUT2D eigenvalue weighted by Gasteiger charge is 3.24. The van der Waals surface area contributed by atoms with E-state index in [0.29, 0.717) is 0 Å². The molecule has 0 aromatic carbocycles. The predicted octanol–water partition coefficient (Wildman–Crippen LogP) is 6.06. The van der Waals surface area contributed by atoms with E-state index >= 15 is 52.7 Å². The Morgan fingerprint density at radius 3 is 0.833 bits per heavy atom. The van der Waals surface area contributed by atoms with Gasteiger partial charge in [-0.05, 0) is 0 Å². The van der Waals surface area contributed by atoms with E-state index < -0.39 is 93.5 Å². The average molecular weight is 664 g/mol. The van der Waals surface area contributed by atoms with Gasteiger partial charge in [0.1, 0.15) is 11.1 Å². The van der Waals surface area contributed by atoms with Crippen molar-refractivity contribution >= 4 is 11.9 Å². The summed E-state index contributed by atoms with van der Waals surface area (Å²) in [5.41, 5.74) is -39.7. The van der Waals surface area contributed by atoms with E-state index in [0.717, 1.165) is 0 Å². The number of alkyl halides is 20. The lowest BCUT2D eigenvalue weighted by Gasteiger charge is -2.75. The number of halogens is 20. The van der Waals surface area contributed by atoms with E-state index in [4.69, 9.17) is 0 Å². The molecule has 0 radical (unpaired) electrons. The largest absolute Gasteiger partial charge is 0.435 e. The highest BCUT2D eigenvalue weighted by molar-refractivity contribution is 5.91. The lowest BCUT2D eigenvalue weighted by molar-refractivity contribution is -0.621. The molecule has 4 rings (SSSR count). The first kappa shape index (κ1) is 33.5. The number of carbonyl (C=O) groups excluding carboxylic acids is 2. The number of ether oxygens (including phenoxy) is 2. The molecule has 0 aromatic rings. The van der Waals surface area contributed by atoms with Crippen LogP contribution in [0.5, 0.6) is 0 Å². The van der Waals surface area contributed by atoms with Crippen LogP contribution in [0.4, 0.5) is 87.8 Å². The third-order valence-corrected chi connectivity index (χ3v) is 6.92. The van der Waals surface area contributed by atoms with Gasteiger partial charge in [-0.15, -0.1) is 0 Å². The third-order valence-electron chi connectivity index (χ3n) is 6.92. The van der Waals surface area contributed by atoms with Gasteiger partial charge in [-0.2, -0.15) is 79.0 Å². The van der Waals surface area contributed by atoms with Crippen LogP contribution in [0.3, 0.4) is 0 Å². The summed E-state index contributed by atoms with van der Waals surface area (Å²) in [5, 5.41) is 0. The van der Waals surface area contributed by atoms with Crippen LogP contribution >= 0.6 is 0 Å². The van der Waals surface area contributed by atoms with Crippen LogP contribution in [0.25, 0.3) is 0 Å². The van der Waals surface area contributed by atoms with Crippen molar-refractivity contribution in [2.45, 2.75) is 70.4 Å². The molecule has 42 heavy (non-hydrogen) atoms. The first-order chi connectivity index (χ1) is 18.1. The molecule has 0 saturated heterocycles. The van der Waals surface area contributed by atoms with Crippen molar-refractivity contribution in [3.8, 4) is 0 Å². The molecule has 0 amide bonds. The molecule has 4 aliphatic rings. The molecule has 4 fully saturated rings. The summed E-state index contributed by atoms with van der Waals surface area (Å²) in [7, 11) is 0. The molecule has 24 heteroatoms. The van der Waals surface area contributed by atoms with Crippen molar-refractivity contribution in [2.75, 3.05) is 0 Å². The van der Waals surface area contributed by atoms with Gasteiger partial charge >= 0.3 is 82.4 Å². The van der Waals surface area contributed by atoms with Crippen molar-refractivity contribution in [1.29, 1.82) is 0 Å². The van der Waals surface area contributed by atoms with Crippen LogP contribution in [0.15, 0.2) is 24.3 Å². The molecule has 0 unspecified atom stereocenters. The van der Waals surface area contributed by atoms with E-state index in [1.54, 1.807) is 13.2 Å². The van der Waals surface area contributed by atoms with E-state index in [1.165, 1.54) is 0 Å². The molecule has 0 spiro atoms. The highest BCUT2D eigenvalue weighted by atomic mass is 19.4. The van der Waals surface area contributed by atoms with Crippen molar-refractivity contribution in [3.05, 3.63) is 24.3 Å². The maximum atomic E-state index is 15.6. The lowest BCUT2D eigenvalue weighted by atomic mass is 9.39. The smallest absolute Gasteiger partial charge is 0.422 e. The van der Waals surface area contributed by atoms with Crippen molar-refractivity contribution in [2.24, 2.45) is 0 Å². The summed E-state index contributed by atoms with van der Waals surface area (Å²) in [5.74, 6) is -58.7. The van der Waals surface area contributed by atoms with Crippen LogP contribution in [-0.2, 0) is 19.1 Å². The van der Waals surface area contributed by atoms with Crippen LogP contribution < -0.4 is 0 Å². The monoisotopic (exact) mass is 664 g/mol. The third kappa shape index (κ3) is 2.63. The van der Waals surface area contributed by atoms with Crippen LogP contribution in [-0.4, -0.2) is 82.4 Å². The maximum absolute atomic E-state index is 15.6. The Morgan fingerprint density at radius 1 is 0.429 bits per heavy atom. The fraction of sp³-hybridized carbons (Fsp3) is 0.667. The molecule has 0 N–H and O–H groups in total. The van der Waals surface area contributed by atoms with Gasteiger partial charge in [-0.1, -0.05) is 13.2 Å². The minimum Gasteiger partial charge on any atom is -0.435 e. The summed E-state index contributed by atoms with van der Waals surface area (Å²) in [4.78, 5) is 23.4. The number of esters is 2. The van der Waals surface area contributed by atoms with Crippen LogP contribution in [0.1, 0.15) is 0 Å². The molecule has 4 bridgehead atoms. The highest BCUT2D eigenvalue weighted by Crippen LogP contribution is 2.88. The van der Waals surface area contributed by atoms with Crippen molar-refractivity contribution < 1.29 is 107 Å². The Balaban J connectivity index is 2.64. The minimum absolute atomic E-state index is 1.62. The molecule has 0 atom stereocenters. The lowest BCUT2D eigenvalue weighted by Crippen LogP contribution is -3.11. The number of rotatable bonds is 4. The van der Waals surface area contributed by atoms with Crippen LogP contribution in [0.2, 0.25) is 0 Å². The molecule has 0 heterocycles. The molecule has 0 aromatic heterocycles. The summed E-state index contributed by atoms with van der Waals surface area (Å²) in [6.07, 6.45) is -12.9. The van der Waals surface area contributed by atoms with Gasteiger partial charge in [-0.25, -0.2) is 18.4 Å². The molecular weight excluding hydrogens is 660 g/mol. The second-order valence-corrected chi connectivity index (χ2v) is 8.86. The Labute approximate surface area is 214 Å². The zero-order valence-corrected chi connectivity index (χ0v) is 18.6. The standard InChI is InChI=1S/C18H4F20O4/c1-3(7(19,20)21)5(39)41-11-14(29,30)9(25)13(27,28)10(26,15(11,31)32)17(35,36)12(16(9,33)34,18(11,37)38)42-6(40)4(2)8(22,23)24/h1-2H2. The molecule has 0 aliphatic heterocycles. The fourth-order valence-electron chi connectivity index (χ4n) is 4.84. The van der Waals surface area contributed by atoms with E-state index in [2.05, 4.69) is 9.47 Å². The Hall–Kier alpha value is -2.98. The first-order valence-corrected chi connectivity index (χ1v) is 9.71. The second-order valence-electron chi connectivity index (χ2n) is 8.86. The second kappa shape index (κ2) is 7.56. The van der Waals surface area contributed by atoms with Crippen LogP contribution in [0, 0.1) is 0 Å². The van der Waals surface area contributed by atoms with Gasteiger partial charge in [0.2, 0.25) is 0 Å². The van der Waals surface area contributed by atoms with Gasteiger partial charge in [-0.3, -0.25) is 0 Å². The maximum Gasteiger partial charge on any atom is 0.422 e. The Kier molecular flexibility index (Phi) is 6.03. The molecule has 4 saturated carbocycles. The SMILES string of the molecule is C=C(C(=O)OC12C(F)(F)C3(F)C(F)(F)C(F)(C1(F)F)C(F)(F)C(OC(=O)C(=C)C(F)(F)F)(C3(F)F)C2(F)F)C(F)(F)F. The van der Waals surface area contributed by atoms with E-state index in [-0.39, 0.29) is 0 Å². The number of hydrogen-bond donors (Lipinski definition) is 0. The Bertz CT molecular complexity index is 1160. The summed E-state index contributed by atoms with van der Waals surface area (Å²) >= 11 is 0. The van der Waals surface area contributed by atoms with E-state index in [1.807, 2.05) is 0 Å². The van der Waals surface area contributed by atoms with E-state index in [9.17, 15) is 44.7 Å². The topological polar surface area (TPSA) is 52.6 Å². The zero-order valence-electron chi connectivity index (χ0n) is 18.6. The number of hydrogen-bond acceptors (Lipinski definition) is 4. The summed E-state index contributed by atoms with van der Waals surface area (Å²) < 4.78 is 293. The summed E-state index contributed by atoms with van der Waals surface area (Å²) in [6.45, 7) is 3.23. The molecule has 240 valence electrons.